The van der Waals surface area contributed by atoms with Gasteiger partial charge >= 0.3 is 0 Å². The van der Waals surface area contributed by atoms with Crippen molar-refractivity contribution in [3.8, 4) is 0 Å². The molecular weight excluding hydrogens is 278 g/mol. The zero-order valence-corrected chi connectivity index (χ0v) is 12.3. The summed E-state index contributed by atoms with van der Waals surface area (Å²) in [5.41, 5.74) is 7.57. The fraction of sp³-hybridized carbons (Fsp3) is 0.385. The lowest BCUT2D eigenvalue weighted by Gasteiger charge is -2.26. The van der Waals surface area contributed by atoms with Crippen molar-refractivity contribution in [1.29, 1.82) is 0 Å². The van der Waals surface area contributed by atoms with Gasteiger partial charge in [-0.25, -0.2) is 4.98 Å². The first-order valence-corrected chi connectivity index (χ1v) is 7.96. The molecule has 1 atom stereocenters. The molecule has 3 rings (SSSR count). The van der Waals surface area contributed by atoms with Crippen molar-refractivity contribution in [2.45, 2.75) is 25.9 Å². The minimum absolute atomic E-state index is 0.0139. The van der Waals surface area contributed by atoms with Crippen LogP contribution >= 0.6 is 22.7 Å². The Morgan fingerprint density at radius 2 is 2.37 bits per heavy atom. The molecule has 19 heavy (non-hydrogen) atoms. The number of rotatable bonds is 2. The van der Waals surface area contributed by atoms with Crippen molar-refractivity contribution in [2.75, 3.05) is 6.54 Å². The number of hydrogen-bond acceptors (Lipinski definition) is 5. The molecule has 6 heteroatoms. The van der Waals surface area contributed by atoms with Gasteiger partial charge in [-0.3, -0.25) is 4.79 Å². The van der Waals surface area contributed by atoms with Crippen LogP contribution in [0.25, 0.3) is 0 Å². The molecule has 2 aromatic rings. The minimum Gasteiger partial charge on any atom is -0.333 e. The summed E-state index contributed by atoms with van der Waals surface area (Å²) >= 11 is 3.23. The highest BCUT2D eigenvalue weighted by molar-refractivity contribution is 7.10. The van der Waals surface area contributed by atoms with Crippen LogP contribution in [-0.2, 0) is 13.0 Å². The summed E-state index contributed by atoms with van der Waals surface area (Å²) in [6, 6.07) is 1.99. The van der Waals surface area contributed by atoms with E-state index in [0.29, 0.717) is 12.2 Å². The summed E-state index contributed by atoms with van der Waals surface area (Å²) < 4.78 is 0. The van der Waals surface area contributed by atoms with E-state index >= 15 is 0 Å². The molecule has 0 aromatic carbocycles. The highest BCUT2D eigenvalue weighted by Crippen LogP contribution is 2.25. The number of thiazole rings is 1. The van der Waals surface area contributed by atoms with Crippen LogP contribution in [0.2, 0.25) is 0 Å². The fourth-order valence-electron chi connectivity index (χ4n) is 2.18. The van der Waals surface area contributed by atoms with Gasteiger partial charge < -0.3 is 10.6 Å². The van der Waals surface area contributed by atoms with E-state index in [1.807, 2.05) is 17.2 Å². The van der Waals surface area contributed by atoms with Gasteiger partial charge in [-0.15, -0.1) is 22.7 Å². The van der Waals surface area contributed by atoms with Crippen LogP contribution in [0.5, 0.6) is 0 Å². The molecule has 3 heterocycles. The third-order valence-corrected chi connectivity index (χ3v) is 5.29. The molecule has 2 aromatic heterocycles. The van der Waals surface area contributed by atoms with Crippen LogP contribution < -0.4 is 5.73 Å². The van der Waals surface area contributed by atoms with Crippen LogP contribution in [0.1, 0.15) is 38.9 Å². The van der Waals surface area contributed by atoms with Crippen molar-refractivity contribution in [1.82, 2.24) is 9.88 Å². The molecule has 0 bridgehead atoms. The first-order chi connectivity index (χ1) is 9.15. The maximum Gasteiger partial charge on any atom is 0.273 e. The number of fused-ring (bicyclic) bond motifs is 1. The van der Waals surface area contributed by atoms with Crippen molar-refractivity contribution in [3.63, 3.8) is 0 Å². The maximum absolute atomic E-state index is 12.4. The molecule has 100 valence electrons. The molecule has 1 amide bonds. The molecule has 1 unspecified atom stereocenters. The third-order valence-electron chi connectivity index (χ3n) is 3.23. The van der Waals surface area contributed by atoms with Gasteiger partial charge in [0.05, 0.1) is 6.04 Å². The van der Waals surface area contributed by atoms with Gasteiger partial charge in [-0.05, 0) is 30.4 Å². The van der Waals surface area contributed by atoms with Crippen molar-refractivity contribution < 1.29 is 4.79 Å². The van der Waals surface area contributed by atoms with E-state index in [4.69, 9.17) is 5.73 Å². The normalized spacial score (nSPS) is 16.2. The Hall–Kier alpha value is -1.24. The Kier molecular flexibility index (Phi) is 3.38. The number of aromatic nitrogens is 1. The molecule has 0 saturated heterocycles. The summed E-state index contributed by atoms with van der Waals surface area (Å²) in [7, 11) is 0. The number of hydrogen-bond donors (Lipinski definition) is 1. The monoisotopic (exact) mass is 293 g/mol. The lowest BCUT2D eigenvalue weighted by molar-refractivity contribution is 0.0730. The molecule has 1 aliphatic heterocycles. The van der Waals surface area contributed by atoms with E-state index in [-0.39, 0.29) is 11.9 Å². The van der Waals surface area contributed by atoms with E-state index in [0.717, 1.165) is 18.0 Å². The average Bonchev–Trinajstić information content (AvgIpc) is 3.06. The summed E-state index contributed by atoms with van der Waals surface area (Å²) in [5.74, 6) is 0.0139. The van der Waals surface area contributed by atoms with Crippen LogP contribution in [0.4, 0.5) is 0 Å². The van der Waals surface area contributed by atoms with Crippen LogP contribution in [0.15, 0.2) is 16.8 Å². The smallest absolute Gasteiger partial charge is 0.273 e. The second-order valence-corrected chi connectivity index (χ2v) is 6.60. The number of carbonyl (C=O) groups excluding carboxylic acids is 1. The van der Waals surface area contributed by atoms with Crippen molar-refractivity contribution >= 4 is 28.6 Å². The van der Waals surface area contributed by atoms with Gasteiger partial charge in [0.15, 0.2) is 0 Å². The van der Waals surface area contributed by atoms with E-state index in [1.165, 1.54) is 21.8 Å². The maximum atomic E-state index is 12.4. The van der Waals surface area contributed by atoms with Gasteiger partial charge in [0.25, 0.3) is 5.91 Å². The summed E-state index contributed by atoms with van der Waals surface area (Å²) in [5, 5.41) is 4.72. The second kappa shape index (κ2) is 5.03. The number of nitrogens with zero attached hydrogens (tertiary/aromatic N) is 2. The molecule has 2 N–H and O–H groups in total. The number of carbonyl (C=O) groups is 1. The topological polar surface area (TPSA) is 59.2 Å². The van der Waals surface area contributed by atoms with Gasteiger partial charge in [-0.1, -0.05) is 0 Å². The highest BCUT2D eigenvalue weighted by Gasteiger charge is 2.24. The summed E-state index contributed by atoms with van der Waals surface area (Å²) in [6.07, 6.45) is 0.947. The van der Waals surface area contributed by atoms with Gasteiger partial charge in [0.2, 0.25) is 0 Å². The molecule has 0 fully saturated rings. The Bertz CT molecular complexity index is 603. The Labute approximate surface area is 119 Å². The van der Waals surface area contributed by atoms with Crippen LogP contribution in [-0.4, -0.2) is 22.3 Å². The van der Waals surface area contributed by atoms with Gasteiger partial charge in [-0.2, -0.15) is 0 Å². The largest absolute Gasteiger partial charge is 0.333 e. The van der Waals surface area contributed by atoms with E-state index in [1.54, 1.807) is 11.3 Å². The molecule has 0 saturated carbocycles. The zero-order valence-electron chi connectivity index (χ0n) is 10.6. The first kappa shape index (κ1) is 12.8. The predicted molar refractivity (Wildman–Crippen MR) is 77.5 cm³/mol. The first-order valence-electron chi connectivity index (χ1n) is 6.20. The Balaban J connectivity index is 1.77. The van der Waals surface area contributed by atoms with E-state index < -0.39 is 0 Å². The molecular formula is C13H15N3OS2. The van der Waals surface area contributed by atoms with Crippen molar-refractivity contribution in [3.05, 3.63) is 38.0 Å². The van der Waals surface area contributed by atoms with Crippen molar-refractivity contribution in [2.24, 2.45) is 5.73 Å². The highest BCUT2D eigenvalue weighted by atomic mass is 32.1. The quantitative estimate of drug-likeness (QED) is 0.925. The number of nitrogens with two attached hydrogens (primary N) is 1. The second-order valence-electron chi connectivity index (χ2n) is 4.71. The zero-order chi connectivity index (χ0) is 13.4. The summed E-state index contributed by atoms with van der Waals surface area (Å²) in [6.45, 7) is 3.35. The third kappa shape index (κ3) is 2.43. The van der Waals surface area contributed by atoms with E-state index in [9.17, 15) is 4.79 Å². The predicted octanol–water partition coefficient (Wildman–Crippen LogP) is 2.42. The van der Waals surface area contributed by atoms with Crippen LogP contribution in [0, 0.1) is 0 Å². The molecule has 1 aliphatic rings. The lowest BCUT2D eigenvalue weighted by atomic mass is 10.1. The molecule has 0 radical (unpaired) electrons. The molecule has 4 nitrogen and oxygen atoms in total. The Morgan fingerprint density at radius 3 is 3.11 bits per heavy atom. The SMILES string of the molecule is CC(N)c1nc(C(=O)N2CCc3sccc3C2)cs1. The number of thiophene rings is 1. The van der Waals surface area contributed by atoms with Gasteiger partial charge in [0, 0.05) is 23.3 Å². The molecule has 0 aliphatic carbocycles. The standard InChI is InChI=1S/C13H15N3OS2/c1-8(14)12-15-10(7-19-12)13(17)16-4-2-11-9(6-16)3-5-18-11/h3,5,7-8H,2,4,6,14H2,1H3. The van der Waals surface area contributed by atoms with E-state index in [2.05, 4.69) is 16.4 Å². The Morgan fingerprint density at radius 1 is 1.53 bits per heavy atom. The van der Waals surface area contributed by atoms with Crippen LogP contribution in [0.3, 0.4) is 0 Å². The fourth-order valence-corrected chi connectivity index (χ4v) is 3.82. The minimum atomic E-state index is -0.114. The number of amides is 1. The lowest BCUT2D eigenvalue weighted by Crippen LogP contribution is -2.35. The summed E-state index contributed by atoms with van der Waals surface area (Å²) in [4.78, 5) is 20.0. The van der Waals surface area contributed by atoms with Gasteiger partial charge in [0.1, 0.15) is 10.7 Å². The average molecular weight is 293 g/mol. The molecule has 0 spiro atoms.